The van der Waals surface area contributed by atoms with Crippen molar-refractivity contribution in [2.75, 3.05) is 13.1 Å². The quantitative estimate of drug-likeness (QED) is 0.902. The average molecular weight is 271 g/mol. The van der Waals surface area contributed by atoms with Crippen molar-refractivity contribution >= 4 is 0 Å². The number of aromatic nitrogens is 4. The van der Waals surface area contributed by atoms with Crippen LogP contribution in [-0.2, 0) is 13.0 Å². The van der Waals surface area contributed by atoms with Gasteiger partial charge in [0.15, 0.2) is 0 Å². The number of aryl methyl sites for hydroxylation is 1. The molecule has 5 nitrogen and oxygen atoms in total. The van der Waals surface area contributed by atoms with E-state index in [0.29, 0.717) is 5.92 Å². The van der Waals surface area contributed by atoms with Crippen LogP contribution in [0.15, 0.2) is 24.8 Å². The minimum atomic E-state index is 0.711. The van der Waals surface area contributed by atoms with E-state index in [1.165, 1.54) is 6.42 Å². The van der Waals surface area contributed by atoms with Crippen LogP contribution in [0.1, 0.15) is 25.5 Å². The van der Waals surface area contributed by atoms with Crippen LogP contribution < -0.4 is 5.32 Å². The maximum Gasteiger partial charge on any atom is 0.0916 e. The smallest absolute Gasteiger partial charge is 0.0916 e. The summed E-state index contributed by atoms with van der Waals surface area (Å²) in [4.78, 5) is 9.07. The lowest BCUT2D eigenvalue weighted by Crippen LogP contribution is -2.11. The molecule has 0 bridgehead atoms. The second-order valence-corrected chi connectivity index (χ2v) is 5.45. The summed E-state index contributed by atoms with van der Waals surface area (Å²) >= 11 is 0. The topological polar surface area (TPSA) is 55.6 Å². The third kappa shape index (κ3) is 3.04. The summed E-state index contributed by atoms with van der Waals surface area (Å²) in [6.07, 6.45) is 11.0. The lowest BCUT2D eigenvalue weighted by Gasteiger charge is -2.07. The molecule has 1 N–H and O–H groups in total. The van der Waals surface area contributed by atoms with Gasteiger partial charge in [-0.05, 0) is 38.3 Å². The Bertz CT molecular complexity index is 540. The lowest BCUT2D eigenvalue weighted by atomic mass is 10.0. The van der Waals surface area contributed by atoms with Crippen molar-refractivity contribution in [2.45, 2.75) is 32.7 Å². The van der Waals surface area contributed by atoms with Crippen LogP contribution in [0, 0.1) is 5.92 Å². The molecule has 0 aliphatic carbocycles. The molecule has 0 spiro atoms. The van der Waals surface area contributed by atoms with Crippen LogP contribution in [0.4, 0.5) is 0 Å². The molecule has 1 fully saturated rings. The predicted molar refractivity (Wildman–Crippen MR) is 78.2 cm³/mol. The van der Waals surface area contributed by atoms with Crippen LogP contribution in [0.2, 0.25) is 0 Å². The van der Waals surface area contributed by atoms with Crippen LogP contribution in [0.25, 0.3) is 11.3 Å². The number of nitrogens with zero attached hydrogens (tertiary/aromatic N) is 4. The molecule has 20 heavy (non-hydrogen) atoms. The molecule has 5 heteroatoms. The van der Waals surface area contributed by atoms with E-state index in [2.05, 4.69) is 27.3 Å². The number of hydrogen-bond donors (Lipinski definition) is 1. The summed E-state index contributed by atoms with van der Waals surface area (Å²) in [6, 6.07) is 0. The minimum absolute atomic E-state index is 0.711. The molecule has 2 aromatic heterocycles. The van der Waals surface area contributed by atoms with Gasteiger partial charge in [0.2, 0.25) is 0 Å². The molecule has 1 aliphatic rings. The molecule has 0 saturated carbocycles. The van der Waals surface area contributed by atoms with Gasteiger partial charge >= 0.3 is 0 Å². The van der Waals surface area contributed by atoms with Crippen LogP contribution in [0.3, 0.4) is 0 Å². The third-order valence-corrected chi connectivity index (χ3v) is 3.75. The highest BCUT2D eigenvalue weighted by molar-refractivity contribution is 5.55. The number of nitrogens with one attached hydrogen (secondary N) is 1. The summed E-state index contributed by atoms with van der Waals surface area (Å²) in [5.41, 5.74) is 3.03. The molecule has 0 aromatic carbocycles. The Hall–Kier alpha value is -1.75. The molecular weight excluding hydrogens is 250 g/mol. The SMILES string of the molecule is CCCn1cc(-c2cnc(C[C@@H]3CCNC3)cn2)cn1. The van der Waals surface area contributed by atoms with Gasteiger partial charge in [-0.15, -0.1) is 0 Å². The summed E-state index contributed by atoms with van der Waals surface area (Å²) in [5.74, 6) is 0.711. The van der Waals surface area contributed by atoms with Crippen LogP contribution in [-0.4, -0.2) is 32.8 Å². The van der Waals surface area contributed by atoms with Gasteiger partial charge in [0.1, 0.15) is 0 Å². The standard InChI is InChI=1S/C15H21N5/c1-2-5-20-11-13(8-19-20)15-10-17-14(9-18-15)6-12-3-4-16-7-12/h8-12,16H,2-7H2,1H3/t12-/m0/s1. The van der Waals surface area contributed by atoms with E-state index in [9.17, 15) is 0 Å². The largest absolute Gasteiger partial charge is 0.316 e. The first-order valence-corrected chi connectivity index (χ1v) is 7.39. The van der Waals surface area contributed by atoms with E-state index in [-0.39, 0.29) is 0 Å². The Morgan fingerprint density at radius 1 is 1.30 bits per heavy atom. The first-order valence-electron chi connectivity index (χ1n) is 7.39. The van der Waals surface area contributed by atoms with Gasteiger partial charge in [-0.3, -0.25) is 14.6 Å². The van der Waals surface area contributed by atoms with Crippen molar-refractivity contribution in [1.29, 1.82) is 0 Å². The van der Waals surface area contributed by atoms with Crippen LogP contribution >= 0.6 is 0 Å². The number of hydrogen-bond acceptors (Lipinski definition) is 4. The predicted octanol–water partition coefficient (Wildman–Crippen LogP) is 1.90. The fourth-order valence-corrected chi connectivity index (χ4v) is 2.64. The Morgan fingerprint density at radius 2 is 2.25 bits per heavy atom. The van der Waals surface area contributed by atoms with Gasteiger partial charge < -0.3 is 5.32 Å². The highest BCUT2D eigenvalue weighted by Gasteiger charge is 2.15. The van der Waals surface area contributed by atoms with Gasteiger partial charge in [-0.25, -0.2) is 0 Å². The minimum Gasteiger partial charge on any atom is -0.316 e. The van der Waals surface area contributed by atoms with E-state index in [0.717, 1.165) is 49.4 Å². The Labute approximate surface area is 119 Å². The highest BCUT2D eigenvalue weighted by Crippen LogP contribution is 2.17. The van der Waals surface area contributed by atoms with Gasteiger partial charge in [0, 0.05) is 24.5 Å². The Balaban J connectivity index is 1.68. The molecule has 2 aromatic rings. The molecule has 0 unspecified atom stereocenters. The van der Waals surface area contributed by atoms with Gasteiger partial charge in [-0.2, -0.15) is 5.10 Å². The lowest BCUT2D eigenvalue weighted by molar-refractivity contribution is 0.570. The van der Waals surface area contributed by atoms with Gasteiger partial charge in [0.05, 0.1) is 23.8 Å². The molecule has 0 radical (unpaired) electrons. The molecule has 1 atom stereocenters. The zero-order chi connectivity index (χ0) is 13.8. The monoisotopic (exact) mass is 271 g/mol. The Morgan fingerprint density at radius 3 is 2.95 bits per heavy atom. The average Bonchev–Trinajstić information content (AvgIpc) is 3.12. The zero-order valence-electron chi connectivity index (χ0n) is 11.9. The van der Waals surface area contributed by atoms with E-state index < -0.39 is 0 Å². The molecular formula is C15H21N5. The number of rotatable bonds is 5. The van der Waals surface area contributed by atoms with Crippen molar-refractivity contribution in [3.05, 3.63) is 30.5 Å². The summed E-state index contributed by atoms with van der Waals surface area (Å²) in [5, 5.41) is 7.71. The van der Waals surface area contributed by atoms with E-state index in [1.54, 1.807) is 0 Å². The van der Waals surface area contributed by atoms with E-state index in [1.807, 2.05) is 29.5 Å². The van der Waals surface area contributed by atoms with Crippen molar-refractivity contribution in [1.82, 2.24) is 25.1 Å². The zero-order valence-corrected chi connectivity index (χ0v) is 11.9. The molecule has 0 amide bonds. The van der Waals surface area contributed by atoms with Crippen molar-refractivity contribution < 1.29 is 0 Å². The molecule has 1 aliphatic heterocycles. The van der Waals surface area contributed by atoms with Gasteiger partial charge in [0.25, 0.3) is 0 Å². The molecule has 1 saturated heterocycles. The second kappa shape index (κ2) is 6.13. The normalized spacial score (nSPS) is 18.6. The fourth-order valence-electron chi connectivity index (χ4n) is 2.64. The van der Waals surface area contributed by atoms with Crippen molar-refractivity contribution in [3.8, 4) is 11.3 Å². The van der Waals surface area contributed by atoms with Gasteiger partial charge in [-0.1, -0.05) is 6.92 Å². The third-order valence-electron chi connectivity index (χ3n) is 3.75. The fraction of sp³-hybridized carbons (Fsp3) is 0.533. The maximum absolute atomic E-state index is 4.55. The van der Waals surface area contributed by atoms with Crippen LogP contribution in [0.5, 0.6) is 0 Å². The van der Waals surface area contributed by atoms with E-state index in [4.69, 9.17) is 0 Å². The second-order valence-electron chi connectivity index (χ2n) is 5.45. The molecule has 3 heterocycles. The van der Waals surface area contributed by atoms with Crippen molar-refractivity contribution in [3.63, 3.8) is 0 Å². The molecule has 3 rings (SSSR count). The first kappa shape index (κ1) is 13.2. The summed E-state index contributed by atoms with van der Waals surface area (Å²) in [6.45, 7) is 5.33. The Kier molecular flexibility index (Phi) is 4.06. The maximum atomic E-state index is 4.55. The van der Waals surface area contributed by atoms with Crippen molar-refractivity contribution in [2.24, 2.45) is 5.92 Å². The summed E-state index contributed by atoms with van der Waals surface area (Å²) in [7, 11) is 0. The highest BCUT2D eigenvalue weighted by atomic mass is 15.3. The first-order chi connectivity index (χ1) is 9.85. The van der Waals surface area contributed by atoms with E-state index >= 15 is 0 Å². The summed E-state index contributed by atoms with van der Waals surface area (Å²) < 4.78 is 1.95. The molecule has 106 valence electrons.